The second-order valence-electron chi connectivity index (χ2n) is 7.18. The summed E-state index contributed by atoms with van der Waals surface area (Å²) in [6.45, 7) is 4.09. The van der Waals surface area contributed by atoms with Crippen LogP contribution in [0.2, 0.25) is 0 Å². The van der Waals surface area contributed by atoms with Crippen molar-refractivity contribution in [1.29, 1.82) is 0 Å². The Morgan fingerprint density at radius 1 is 0.939 bits per heavy atom. The van der Waals surface area contributed by atoms with Gasteiger partial charge in [0, 0.05) is 27.7 Å². The predicted octanol–water partition coefficient (Wildman–Crippen LogP) is 0.205. The highest BCUT2D eigenvalue weighted by atomic mass is 16.7. The number of esters is 4. The standard InChI is InChI=1S/C21H25NO11/c1-10(23)22-17-19(31-13(4)26)18(30-12(3)25)16(9-29-11(2)24)32-21(17)33-20(28)14-6-5-7-15(27)8-14/h5-8,16-19,21,27H,9H2,1-4H3,(H,22,23)/t16-,17+,18+,19+,21+/m1/s1. The van der Waals surface area contributed by atoms with Gasteiger partial charge >= 0.3 is 23.9 Å². The number of nitrogens with one attached hydrogen (secondary N) is 1. The minimum atomic E-state index is -1.54. The molecule has 1 aliphatic rings. The minimum Gasteiger partial charge on any atom is -0.508 e. The number of carbonyl (C=O) groups excluding carboxylic acids is 5. The van der Waals surface area contributed by atoms with E-state index in [-0.39, 0.29) is 11.3 Å². The fourth-order valence-electron chi connectivity index (χ4n) is 3.20. The lowest BCUT2D eigenvalue weighted by Gasteiger charge is -2.44. The molecule has 12 heteroatoms. The molecule has 2 N–H and O–H groups in total. The molecule has 0 aliphatic carbocycles. The van der Waals surface area contributed by atoms with E-state index >= 15 is 0 Å². The predicted molar refractivity (Wildman–Crippen MR) is 108 cm³/mol. The number of carbonyl (C=O) groups is 5. The number of phenols is 1. The highest BCUT2D eigenvalue weighted by Crippen LogP contribution is 2.28. The Balaban J connectivity index is 2.43. The second-order valence-corrected chi connectivity index (χ2v) is 7.18. The van der Waals surface area contributed by atoms with Crippen LogP contribution >= 0.6 is 0 Å². The maximum Gasteiger partial charge on any atom is 0.340 e. The van der Waals surface area contributed by atoms with Crippen LogP contribution in [0.1, 0.15) is 38.1 Å². The van der Waals surface area contributed by atoms with Gasteiger partial charge in [-0.05, 0) is 18.2 Å². The zero-order chi connectivity index (χ0) is 24.7. The van der Waals surface area contributed by atoms with Gasteiger partial charge in [-0.1, -0.05) is 6.07 Å². The van der Waals surface area contributed by atoms with E-state index in [1.54, 1.807) is 0 Å². The highest BCUT2D eigenvalue weighted by Gasteiger charge is 2.52. The second kappa shape index (κ2) is 11.3. The van der Waals surface area contributed by atoms with Crippen LogP contribution in [0, 0.1) is 0 Å². The topological polar surface area (TPSA) is 164 Å². The molecule has 1 aromatic carbocycles. The molecule has 180 valence electrons. The molecule has 1 aromatic rings. The molecule has 1 heterocycles. The quantitative estimate of drug-likeness (QED) is 0.416. The van der Waals surface area contributed by atoms with Crippen molar-refractivity contribution in [3.05, 3.63) is 29.8 Å². The number of benzene rings is 1. The normalized spacial score (nSPS) is 24.2. The molecule has 0 radical (unpaired) electrons. The Kier molecular flexibility index (Phi) is 8.74. The monoisotopic (exact) mass is 467 g/mol. The first-order valence-electron chi connectivity index (χ1n) is 9.88. The molecule has 1 saturated heterocycles. The molecule has 5 atom stereocenters. The third kappa shape index (κ3) is 7.45. The first-order chi connectivity index (χ1) is 15.5. The lowest BCUT2D eigenvalue weighted by molar-refractivity contribution is -0.263. The molecule has 33 heavy (non-hydrogen) atoms. The first-order valence-corrected chi connectivity index (χ1v) is 9.88. The highest BCUT2D eigenvalue weighted by molar-refractivity contribution is 5.90. The van der Waals surface area contributed by atoms with E-state index in [9.17, 15) is 29.1 Å². The summed E-state index contributed by atoms with van der Waals surface area (Å²) in [4.78, 5) is 59.3. The van der Waals surface area contributed by atoms with E-state index in [4.69, 9.17) is 23.7 Å². The lowest BCUT2D eigenvalue weighted by Crippen LogP contribution is -2.66. The molecule has 1 fully saturated rings. The Morgan fingerprint density at radius 2 is 1.58 bits per heavy atom. The zero-order valence-corrected chi connectivity index (χ0v) is 18.4. The van der Waals surface area contributed by atoms with E-state index in [0.717, 1.165) is 26.8 Å². The Bertz CT molecular complexity index is 915. The van der Waals surface area contributed by atoms with Crippen molar-refractivity contribution in [2.24, 2.45) is 0 Å². The zero-order valence-electron chi connectivity index (χ0n) is 18.4. The van der Waals surface area contributed by atoms with E-state index < -0.39 is 67.0 Å². The number of phenolic OH excluding ortho intramolecular Hbond substituents is 1. The number of ether oxygens (including phenoxy) is 5. The van der Waals surface area contributed by atoms with E-state index in [0.29, 0.717) is 0 Å². The average Bonchev–Trinajstić information content (AvgIpc) is 2.69. The van der Waals surface area contributed by atoms with E-state index in [1.165, 1.54) is 25.1 Å². The summed E-state index contributed by atoms with van der Waals surface area (Å²) in [5.41, 5.74) is -0.0251. The Labute approximate surface area is 189 Å². The lowest BCUT2D eigenvalue weighted by atomic mass is 9.96. The molecule has 0 unspecified atom stereocenters. The van der Waals surface area contributed by atoms with Gasteiger partial charge < -0.3 is 34.1 Å². The van der Waals surface area contributed by atoms with E-state index in [2.05, 4.69) is 5.32 Å². The molecule has 0 spiro atoms. The summed E-state index contributed by atoms with van der Waals surface area (Å²) in [5.74, 6) is -3.90. The third-order valence-electron chi connectivity index (χ3n) is 4.38. The van der Waals surface area contributed by atoms with Crippen molar-refractivity contribution in [3.63, 3.8) is 0 Å². The van der Waals surface area contributed by atoms with Crippen LogP contribution in [0.5, 0.6) is 5.75 Å². The van der Waals surface area contributed by atoms with Crippen LogP contribution < -0.4 is 5.32 Å². The van der Waals surface area contributed by atoms with Gasteiger partial charge in [0.15, 0.2) is 12.2 Å². The van der Waals surface area contributed by atoms with Crippen molar-refractivity contribution in [1.82, 2.24) is 5.32 Å². The smallest absolute Gasteiger partial charge is 0.340 e. The minimum absolute atomic E-state index is 0.0251. The van der Waals surface area contributed by atoms with Crippen molar-refractivity contribution >= 4 is 29.8 Å². The summed E-state index contributed by atoms with van der Waals surface area (Å²) in [5, 5.41) is 12.1. The average molecular weight is 467 g/mol. The summed E-state index contributed by atoms with van der Waals surface area (Å²) in [6, 6.07) is 4.01. The fourth-order valence-corrected chi connectivity index (χ4v) is 3.20. The maximum absolute atomic E-state index is 12.7. The summed E-state index contributed by atoms with van der Waals surface area (Å²) in [7, 11) is 0. The molecule has 12 nitrogen and oxygen atoms in total. The van der Waals surface area contributed by atoms with Crippen molar-refractivity contribution in [2.45, 2.75) is 58.3 Å². The maximum atomic E-state index is 12.7. The Morgan fingerprint density at radius 3 is 2.12 bits per heavy atom. The number of hydrogen-bond acceptors (Lipinski definition) is 11. The number of rotatable bonds is 7. The Hall–Kier alpha value is -3.67. The van der Waals surface area contributed by atoms with Crippen molar-refractivity contribution < 1.29 is 52.8 Å². The van der Waals surface area contributed by atoms with Crippen molar-refractivity contribution in [3.8, 4) is 5.75 Å². The van der Waals surface area contributed by atoms with Crippen LogP contribution in [0.15, 0.2) is 24.3 Å². The molecule has 0 saturated carbocycles. The molecule has 1 amide bonds. The van der Waals surface area contributed by atoms with Gasteiger partial charge in [-0.3, -0.25) is 19.2 Å². The third-order valence-corrected chi connectivity index (χ3v) is 4.38. The van der Waals surface area contributed by atoms with Gasteiger partial charge in [-0.25, -0.2) is 4.79 Å². The van der Waals surface area contributed by atoms with Gasteiger partial charge in [0.25, 0.3) is 0 Å². The van der Waals surface area contributed by atoms with Gasteiger partial charge in [0.2, 0.25) is 12.2 Å². The number of hydrogen-bond donors (Lipinski definition) is 2. The molecule has 0 aromatic heterocycles. The van der Waals surface area contributed by atoms with Gasteiger partial charge in [-0.15, -0.1) is 0 Å². The molecule has 2 rings (SSSR count). The van der Waals surface area contributed by atoms with Crippen LogP contribution in [0.4, 0.5) is 0 Å². The summed E-state index contributed by atoms with van der Waals surface area (Å²) >= 11 is 0. The van der Waals surface area contributed by atoms with Crippen LogP contribution in [-0.2, 0) is 42.9 Å². The van der Waals surface area contributed by atoms with Crippen molar-refractivity contribution in [2.75, 3.05) is 6.61 Å². The van der Waals surface area contributed by atoms with Crippen LogP contribution in [0.3, 0.4) is 0 Å². The molecule has 0 bridgehead atoms. The van der Waals surface area contributed by atoms with Crippen LogP contribution in [-0.4, -0.2) is 72.1 Å². The molecular formula is C21H25NO11. The fraction of sp³-hybridized carbons (Fsp3) is 0.476. The SMILES string of the molecule is CC(=O)N[C@@H]1[C@H](OC(=O)c2cccc(O)c2)O[C@H](COC(C)=O)[C@H](OC(C)=O)[C@H]1OC(C)=O. The first kappa shape index (κ1) is 25.6. The summed E-state index contributed by atoms with van der Waals surface area (Å²) < 4.78 is 26.6. The largest absolute Gasteiger partial charge is 0.508 e. The number of amides is 1. The molecule has 1 aliphatic heterocycles. The van der Waals surface area contributed by atoms with Crippen LogP contribution in [0.25, 0.3) is 0 Å². The molecular weight excluding hydrogens is 442 g/mol. The van der Waals surface area contributed by atoms with E-state index in [1.807, 2.05) is 0 Å². The van der Waals surface area contributed by atoms with Gasteiger partial charge in [0.1, 0.15) is 24.5 Å². The van der Waals surface area contributed by atoms with Gasteiger partial charge in [-0.2, -0.15) is 0 Å². The van der Waals surface area contributed by atoms with Gasteiger partial charge in [0.05, 0.1) is 5.56 Å². The number of aromatic hydroxyl groups is 1. The summed E-state index contributed by atoms with van der Waals surface area (Å²) in [6.07, 6.45) is -5.42.